The summed E-state index contributed by atoms with van der Waals surface area (Å²) in [5.41, 5.74) is 0.288. The average molecular weight is 479 g/mol. The molecule has 0 saturated heterocycles. The molecule has 1 N–H and O–H groups in total. The van der Waals surface area contributed by atoms with Crippen LogP contribution in [0, 0.1) is 0 Å². The van der Waals surface area contributed by atoms with E-state index in [-0.39, 0.29) is 16.8 Å². The second-order valence-electron chi connectivity index (χ2n) is 7.39. The second-order valence-corrected chi connectivity index (χ2v) is 9.31. The highest BCUT2D eigenvalue weighted by Crippen LogP contribution is 2.25. The first-order chi connectivity index (χ1) is 16.3. The lowest BCUT2D eigenvalue weighted by Crippen LogP contribution is -2.24. The Balaban J connectivity index is 1.78. The van der Waals surface area contributed by atoms with E-state index in [0.717, 1.165) is 0 Å². The van der Waals surface area contributed by atoms with Gasteiger partial charge >= 0.3 is 0 Å². The lowest BCUT2D eigenvalue weighted by Gasteiger charge is -2.15. The Morgan fingerprint density at radius 2 is 1.59 bits per heavy atom. The Labute approximate surface area is 196 Å². The number of nitrogens with zero attached hydrogens (tertiary/aromatic N) is 1. The highest BCUT2D eigenvalue weighted by molar-refractivity contribution is 7.91. The molecule has 8 nitrogen and oxygen atoms in total. The summed E-state index contributed by atoms with van der Waals surface area (Å²) in [7, 11) is -1.18. The largest absolute Gasteiger partial charge is 0.497 e. The topological polar surface area (TPSA) is 104 Å². The molecule has 9 heteroatoms. The minimum atomic E-state index is -4.15. The van der Waals surface area contributed by atoms with Gasteiger partial charge in [0.15, 0.2) is 0 Å². The molecule has 1 heterocycles. The molecule has 34 heavy (non-hydrogen) atoms. The summed E-state index contributed by atoms with van der Waals surface area (Å²) in [4.78, 5) is 25.5. The first-order valence-electron chi connectivity index (χ1n) is 10.3. The highest BCUT2D eigenvalue weighted by atomic mass is 32.2. The third-order valence-corrected chi connectivity index (χ3v) is 7.07. The zero-order valence-corrected chi connectivity index (χ0v) is 19.3. The van der Waals surface area contributed by atoms with Gasteiger partial charge in [-0.3, -0.25) is 9.59 Å². The van der Waals surface area contributed by atoms with Crippen molar-refractivity contribution in [3.63, 3.8) is 0 Å². The molecule has 0 fully saturated rings. The zero-order valence-electron chi connectivity index (χ0n) is 18.5. The molecule has 1 amide bonds. The van der Waals surface area contributed by atoms with Crippen LogP contribution in [0.5, 0.6) is 11.5 Å². The third-order valence-electron chi connectivity index (χ3n) is 5.31. The molecule has 0 aliphatic carbocycles. The van der Waals surface area contributed by atoms with Crippen LogP contribution >= 0.6 is 0 Å². The van der Waals surface area contributed by atoms with Crippen LogP contribution in [0.4, 0.5) is 5.69 Å². The number of fused-ring (bicyclic) bond motifs is 1. The standard InChI is InChI=1S/C25H22N2O6S/c1-32-17-11-13-18(14-12-17)34(30,31)23-15-27(21-9-5-3-7-19(21)25(23)29)16-24(28)26-20-8-4-6-10-22(20)33-2/h3-15H,16H2,1-2H3,(H,26,28). The monoisotopic (exact) mass is 478 g/mol. The second kappa shape index (κ2) is 9.40. The number of pyridine rings is 1. The van der Waals surface area contributed by atoms with Gasteiger partial charge < -0.3 is 19.4 Å². The third kappa shape index (κ3) is 4.38. The molecule has 0 saturated carbocycles. The molecule has 174 valence electrons. The maximum absolute atomic E-state index is 13.3. The molecular formula is C25H22N2O6S. The van der Waals surface area contributed by atoms with Crippen LogP contribution in [0.1, 0.15) is 0 Å². The number of benzene rings is 3. The predicted octanol–water partition coefficient (Wildman–Crippen LogP) is 3.49. The molecule has 0 aliphatic rings. The molecule has 1 aromatic heterocycles. The number of carbonyl (C=O) groups excluding carboxylic acids is 1. The van der Waals surface area contributed by atoms with E-state index in [2.05, 4.69) is 5.32 Å². The SMILES string of the molecule is COc1ccc(S(=O)(=O)c2cn(CC(=O)Nc3ccccc3OC)c3ccccc3c2=O)cc1. The van der Waals surface area contributed by atoms with Crippen molar-refractivity contribution in [2.75, 3.05) is 19.5 Å². The average Bonchev–Trinajstić information content (AvgIpc) is 2.86. The van der Waals surface area contributed by atoms with Gasteiger partial charge in [0, 0.05) is 11.6 Å². The predicted molar refractivity (Wildman–Crippen MR) is 128 cm³/mol. The maximum Gasteiger partial charge on any atom is 0.244 e. The van der Waals surface area contributed by atoms with Gasteiger partial charge in [0.1, 0.15) is 22.9 Å². The highest BCUT2D eigenvalue weighted by Gasteiger charge is 2.24. The van der Waals surface area contributed by atoms with Crippen LogP contribution in [-0.4, -0.2) is 33.1 Å². The summed E-state index contributed by atoms with van der Waals surface area (Å²) >= 11 is 0. The van der Waals surface area contributed by atoms with Crippen LogP contribution in [0.15, 0.2) is 93.6 Å². The van der Waals surface area contributed by atoms with Crippen molar-refractivity contribution in [2.45, 2.75) is 16.3 Å². The molecule has 4 rings (SSSR count). The Kier molecular flexibility index (Phi) is 6.38. The van der Waals surface area contributed by atoms with Crippen LogP contribution in [0.25, 0.3) is 10.9 Å². The van der Waals surface area contributed by atoms with Crippen molar-refractivity contribution in [1.82, 2.24) is 4.57 Å². The number of methoxy groups -OCH3 is 2. The van der Waals surface area contributed by atoms with E-state index in [9.17, 15) is 18.0 Å². The van der Waals surface area contributed by atoms with E-state index < -0.39 is 26.1 Å². The quantitative estimate of drug-likeness (QED) is 0.436. The molecule has 0 bridgehead atoms. The molecule has 0 radical (unpaired) electrons. The number of para-hydroxylation sites is 3. The van der Waals surface area contributed by atoms with E-state index >= 15 is 0 Å². The maximum atomic E-state index is 13.3. The molecule has 0 aliphatic heterocycles. The van der Waals surface area contributed by atoms with E-state index in [1.165, 1.54) is 49.2 Å². The molecule has 4 aromatic rings. The van der Waals surface area contributed by atoms with Gasteiger partial charge in [0.2, 0.25) is 21.2 Å². The number of carbonyl (C=O) groups is 1. The minimum Gasteiger partial charge on any atom is -0.497 e. The van der Waals surface area contributed by atoms with E-state index in [0.29, 0.717) is 22.7 Å². The number of sulfone groups is 1. The van der Waals surface area contributed by atoms with E-state index in [4.69, 9.17) is 9.47 Å². The van der Waals surface area contributed by atoms with Gasteiger partial charge in [-0.25, -0.2) is 8.42 Å². The van der Waals surface area contributed by atoms with Crippen LogP contribution < -0.4 is 20.2 Å². The normalized spacial score (nSPS) is 11.2. The first kappa shape index (κ1) is 23.1. The van der Waals surface area contributed by atoms with Crippen molar-refractivity contribution in [2.24, 2.45) is 0 Å². The number of aromatic nitrogens is 1. The number of hydrogen-bond donors (Lipinski definition) is 1. The summed E-state index contributed by atoms with van der Waals surface area (Å²) in [6.45, 7) is -0.218. The van der Waals surface area contributed by atoms with Gasteiger partial charge in [-0.1, -0.05) is 24.3 Å². The fraction of sp³-hybridized carbons (Fsp3) is 0.120. The smallest absolute Gasteiger partial charge is 0.244 e. The Hall–Kier alpha value is -4.11. The number of amides is 1. The zero-order chi connectivity index (χ0) is 24.3. The Morgan fingerprint density at radius 1 is 0.912 bits per heavy atom. The van der Waals surface area contributed by atoms with Gasteiger partial charge in [-0.15, -0.1) is 0 Å². The van der Waals surface area contributed by atoms with Crippen LogP contribution in [0.2, 0.25) is 0 Å². The number of rotatable bonds is 7. The van der Waals surface area contributed by atoms with Gasteiger partial charge in [0.05, 0.1) is 30.3 Å². The fourth-order valence-corrected chi connectivity index (χ4v) is 4.98. The van der Waals surface area contributed by atoms with Crippen molar-refractivity contribution in [3.8, 4) is 11.5 Å². The van der Waals surface area contributed by atoms with Crippen molar-refractivity contribution in [3.05, 3.63) is 89.2 Å². The first-order valence-corrected chi connectivity index (χ1v) is 11.8. The van der Waals surface area contributed by atoms with Gasteiger partial charge in [0.25, 0.3) is 0 Å². The molecule has 0 spiro atoms. The molecule has 0 unspecified atom stereocenters. The molecular weight excluding hydrogens is 456 g/mol. The number of hydrogen-bond acceptors (Lipinski definition) is 6. The minimum absolute atomic E-state index is 0.0503. The van der Waals surface area contributed by atoms with Gasteiger partial charge in [-0.2, -0.15) is 0 Å². The van der Waals surface area contributed by atoms with Crippen molar-refractivity contribution in [1.29, 1.82) is 0 Å². The number of ether oxygens (including phenoxy) is 2. The summed E-state index contributed by atoms with van der Waals surface area (Å²) in [6, 6.07) is 19.3. The van der Waals surface area contributed by atoms with Crippen LogP contribution in [0.3, 0.4) is 0 Å². The molecule has 3 aromatic carbocycles. The van der Waals surface area contributed by atoms with Crippen molar-refractivity contribution < 1.29 is 22.7 Å². The van der Waals surface area contributed by atoms with E-state index in [1.807, 2.05) is 0 Å². The summed E-state index contributed by atoms with van der Waals surface area (Å²) in [5, 5.41) is 2.96. The Bertz CT molecular complexity index is 1530. The van der Waals surface area contributed by atoms with Crippen molar-refractivity contribution >= 4 is 32.3 Å². The lowest BCUT2D eigenvalue weighted by molar-refractivity contribution is -0.116. The lowest BCUT2D eigenvalue weighted by atomic mass is 10.2. The van der Waals surface area contributed by atoms with E-state index in [1.54, 1.807) is 48.5 Å². The summed E-state index contributed by atoms with van der Waals surface area (Å²) in [6.07, 6.45) is 1.21. The van der Waals surface area contributed by atoms with Gasteiger partial charge in [-0.05, 0) is 48.5 Å². The molecule has 0 atom stereocenters. The van der Waals surface area contributed by atoms with Crippen LogP contribution in [-0.2, 0) is 21.2 Å². The fourth-order valence-electron chi connectivity index (χ4n) is 3.61. The Morgan fingerprint density at radius 3 is 2.29 bits per heavy atom. The summed E-state index contributed by atoms with van der Waals surface area (Å²) in [5.74, 6) is 0.567. The number of nitrogens with one attached hydrogen (secondary N) is 1. The number of anilines is 1. The summed E-state index contributed by atoms with van der Waals surface area (Å²) < 4.78 is 38.5.